The maximum absolute atomic E-state index is 12.1. The Labute approximate surface area is 97.1 Å². The van der Waals surface area contributed by atoms with Crippen LogP contribution < -0.4 is 5.73 Å². The Kier molecular flexibility index (Phi) is 3.22. The first kappa shape index (κ1) is 11.9. The fourth-order valence-electron chi connectivity index (χ4n) is 2.44. The molecular formula is C12H22N2O2. The summed E-state index contributed by atoms with van der Waals surface area (Å²) >= 11 is 0. The number of nitrogens with two attached hydrogens (primary N) is 1. The number of hydrogen-bond donors (Lipinski definition) is 1. The normalized spacial score (nSPS) is 37.8. The van der Waals surface area contributed by atoms with Crippen molar-refractivity contribution in [2.24, 2.45) is 17.1 Å². The molecule has 2 aliphatic rings. The lowest BCUT2D eigenvalue weighted by Crippen LogP contribution is -2.35. The van der Waals surface area contributed by atoms with E-state index in [9.17, 15) is 4.79 Å². The first-order valence-corrected chi connectivity index (χ1v) is 6.20. The molecule has 16 heavy (non-hydrogen) atoms. The van der Waals surface area contributed by atoms with E-state index < -0.39 is 0 Å². The van der Waals surface area contributed by atoms with Gasteiger partial charge in [-0.25, -0.2) is 0 Å². The van der Waals surface area contributed by atoms with Crippen molar-refractivity contribution in [1.82, 2.24) is 4.90 Å². The molecule has 0 aromatic rings. The van der Waals surface area contributed by atoms with Crippen LogP contribution in [-0.4, -0.2) is 43.2 Å². The van der Waals surface area contributed by atoms with E-state index in [1.54, 1.807) is 0 Å². The van der Waals surface area contributed by atoms with E-state index >= 15 is 0 Å². The summed E-state index contributed by atoms with van der Waals surface area (Å²) in [5, 5.41) is 0. The minimum Gasteiger partial charge on any atom is -0.378 e. The van der Waals surface area contributed by atoms with Crippen molar-refractivity contribution in [3.8, 4) is 0 Å². The molecule has 1 amide bonds. The SMILES string of the molecule is CCOC1CC1C(=O)N1CCC(C)(CN)C1. The molecule has 4 nitrogen and oxygen atoms in total. The Morgan fingerprint density at radius 3 is 2.94 bits per heavy atom. The largest absolute Gasteiger partial charge is 0.378 e. The van der Waals surface area contributed by atoms with Crippen LogP contribution in [0.1, 0.15) is 26.7 Å². The van der Waals surface area contributed by atoms with Crippen LogP contribution in [0.5, 0.6) is 0 Å². The first-order valence-electron chi connectivity index (χ1n) is 6.20. The summed E-state index contributed by atoms with van der Waals surface area (Å²) in [6.07, 6.45) is 2.12. The highest BCUT2D eigenvalue weighted by molar-refractivity contribution is 5.82. The molecule has 2 N–H and O–H groups in total. The molecule has 4 heteroatoms. The smallest absolute Gasteiger partial charge is 0.228 e. The standard InChI is InChI=1S/C12H22N2O2/c1-3-16-10-6-9(10)11(15)14-5-4-12(2,7-13)8-14/h9-10H,3-8,13H2,1-2H3. The van der Waals surface area contributed by atoms with Gasteiger partial charge in [0, 0.05) is 19.7 Å². The van der Waals surface area contributed by atoms with Crippen molar-refractivity contribution in [2.45, 2.75) is 32.8 Å². The van der Waals surface area contributed by atoms with E-state index in [0.717, 1.165) is 25.9 Å². The number of nitrogens with zero attached hydrogens (tertiary/aromatic N) is 1. The predicted octanol–water partition coefficient (Wildman–Crippen LogP) is 0.609. The highest BCUT2D eigenvalue weighted by Gasteiger charge is 2.48. The van der Waals surface area contributed by atoms with E-state index in [1.807, 2.05) is 11.8 Å². The van der Waals surface area contributed by atoms with Crippen molar-refractivity contribution in [1.29, 1.82) is 0 Å². The van der Waals surface area contributed by atoms with Crippen LogP contribution in [-0.2, 0) is 9.53 Å². The first-order chi connectivity index (χ1) is 7.59. The van der Waals surface area contributed by atoms with Gasteiger partial charge in [0.25, 0.3) is 0 Å². The van der Waals surface area contributed by atoms with Crippen LogP contribution in [0.4, 0.5) is 0 Å². The molecular weight excluding hydrogens is 204 g/mol. The minimum atomic E-state index is 0.125. The fourth-order valence-corrected chi connectivity index (χ4v) is 2.44. The lowest BCUT2D eigenvalue weighted by molar-refractivity contribution is -0.132. The molecule has 0 bridgehead atoms. The number of rotatable bonds is 4. The van der Waals surface area contributed by atoms with Crippen LogP contribution in [0.2, 0.25) is 0 Å². The summed E-state index contributed by atoms with van der Waals surface area (Å²) < 4.78 is 5.45. The van der Waals surface area contributed by atoms with Gasteiger partial charge in [0.05, 0.1) is 12.0 Å². The molecule has 1 aliphatic carbocycles. The molecule has 3 atom stereocenters. The number of hydrogen-bond acceptors (Lipinski definition) is 3. The van der Waals surface area contributed by atoms with Gasteiger partial charge in [-0.3, -0.25) is 4.79 Å². The van der Waals surface area contributed by atoms with E-state index in [-0.39, 0.29) is 23.3 Å². The second-order valence-electron chi connectivity index (χ2n) is 5.36. The Balaban J connectivity index is 1.84. The van der Waals surface area contributed by atoms with Crippen LogP contribution in [0.3, 0.4) is 0 Å². The molecule has 0 spiro atoms. The quantitative estimate of drug-likeness (QED) is 0.764. The second-order valence-corrected chi connectivity index (χ2v) is 5.36. The Hall–Kier alpha value is -0.610. The van der Waals surface area contributed by atoms with Crippen molar-refractivity contribution in [3.05, 3.63) is 0 Å². The number of carbonyl (C=O) groups is 1. The van der Waals surface area contributed by atoms with Gasteiger partial charge in [-0.05, 0) is 31.7 Å². The number of carbonyl (C=O) groups excluding carboxylic acids is 1. The zero-order valence-electron chi connectivity index (χ0n) is 10.2. The van der Waals surface area contributed by atoms with Gasteiger partial charge in [-0.2, -0.15) is 0 Å². The third-order valence-electron chi connectivity index (χ3n) is 3.79. The number of likely N-dealkylation sites (tertiary alicyclic amines) is 1. The highest BCUT2D eigenvalue weighted by atomic mass is 16.5. The second kappa shape index (κ2) is 4.34. The third-order valence-corrected chi connectivity index (χ3v) is 3.79. The molecule has 1 heterocycles. The monoisotopic (exact) mass is 226 g/mol. The van der Waals surface area contributed by atoms with Crippen LogP contribution in [0, 0.1) is 11.3 Å². The molecule has 1 saturated heterocycles. The number of amides is 1. The lowest BCUT2D eigenvalue weighted by Gasteiger charge is -2.22. The average molecular weight is 226 g/mol. The van der Waals surface area contributed by atoms with Crippen molar-refractivity contribution in [2.75, 3.05) is 26.2 Å². The summed E-state index contributed by atoms with van der Waals surface area (Å²) in [6.45, 7) is 7.18. The summed E-state index contributed by atoms with van der Waals surface area (Å²) in [6, 6.07) is 0. The zero-order valence-corrected chi connectivity index (χ0v) is 10.2. The molecule has 2 rings (SSSR count). The molecule has 0 aromatic carbocycles. The van der Waals surface area contributed by atoms with E-state index in [0.29, 0.717) is 13.2 Å². The Bertz CT molecular complexity index is 282. The summed E-state index contributed by atoms with van der Waals surface area (Å²) in [4.78, 5) is 14.1. The van der Waals surface area contributed by atoms with Crippen LogP contribution in [0.25, 0.3) is 0 Å². The Morgan fingerprint density at radius 1 is 1.62 bits per heavy atom. The summed E-state index contributed by atoms with van der Waals surface area (Å²) in [5.41, 5.74) is 5.87. The predicted molar refractivity (Wildman–Crippen MR) is 61.9 cm³/mol. The maximum atomic E-state index is 12.1. The van der Waals surface area contributed by atoms with Gasteiger partial charge in [0.1, 0.15) is 0 Å². The lowest BCUT2D eigenvalue weighted by atomic mass is 9.90. The van der Waals surface area contributed by atoms with Gasteiger partial charge < -0.3 is 15.4 Å². The van der Waals surface area contributed by atoms with Gasteiger partial charge >= 0.3 is 0 Å². The fraction of sp³-hybridized carbons (Fsp3) is 0.917. The van der Waals surface area contributed by atoms with Crippen molar-refractivity contribution < 1.29 is 9.53 Å². The molecule has 2 fully saturated rings. The maximum Gasteiger partial charge on any atom is 0.228 e. The van der Waals surface area contributed by atoms with Gasteiger partial charge in [0.15, 0.2) is 0 Å². The topological polar surface area (TPSA) is 55.6 Å². The van der Waals surface area contributed by atoms with Crippen LogP contribution >= 0.6 is 0 Å². The van der Waals surface area contributed by atoms with Crippen molar-refractivity contribution in [3.63, 3.8) is 0 Å². The number of ether oxygens (including phenoxy) is 1. The summed E-state index contributed by atoms with van der Waals surface area (Å²) in [7, 11) is 0. The van der Waals surface area contributed by atoms with Crippen molar-refractivity contribution >= 4 is 5.91 Å². The molecule has 1 saturated carbocycles. The van der Waals surface area contributed by atoms with E-state index in [2.05, 4.69) is 6.92 Å². The third kappa shape index (κ3) is 2.23. The summed E-state index contributed by atoms with van der Waals surface area (Å²) in [5.74, 6) is 0.399. The highest BCUT2D eigenvalue weighted by Crippen LogP contribution is 2.38. The minimum absolute atomic E-state index is 0.125. The Morgan fingerprint density at radius 2 is 2.38 bits per heavy atom. The molecule has 3 unspecified atom stereocenters. The van der Waals surface area contributed by atoms with Gasteiger partial charge in [0.2, 0.25) is 5.91 Å². The van der Waals surface area contributed by atoms with E-state index in [1.165, 1.54) is 0 Å². The zero-order chi connectivity index (χ0) is 11.8. The molecule has 0 radical (unpaired) electrons. The average Bonchev–Trinajstić information content (AvgIpc) is 2.92. The molecule has 0 aromatic heterocycles. The van der Waals surface area contributed by atoms with Gasteiger partial charge in [-0.15, -0.1) is 0 Å². The van der Waals surface area contributed by atoms with E-state index in [4.69, 9.17) is 10.5 Å². The van der Waals surface area contributed by atoms with Gasteiger partial charge in [-0.1, -0.05) is 6.92 Å². The molecule has 92 valence electrons. The molecule has 1 aliphatic heterocycles. The van der Waals surface area contributed by atoms with Crippen LogP contribution in [0.15, 0.2) is 0 Å².